The van der Waals surface area contributed by atoms with Gasteiger partial charge in [0.1, 0.15) is 0 Å². The fourth-order valence-corrected chi connectivity index (χ4v) is 5.98. The van der Waals surface area contributed by atoms with Crippen LogP contribution in [0.4, 0.5) is 0 Å². The lowest BCUT2D eigenvalue weighted by Crippen LogP contribution is -2.14. The molecule has 0 aromatic heterocycles. The highest BCUT2D eigenvalue weighted by Gasteiger charge is 2.17. The monoisotopic (exact) mass is 513 g/mol. The smallest absolute Gasteiger partial charge is 0.0227 e. The summed E-state index contributed by atoms with van der Waals surface area (Å²) < 4.78 is 0. The first-order valence-electron chi connectivity index (χ1n) is 17.2. The molecule has 0 fully saturated rings. The van der Waals surface area contributed by atoms with E-state index < -0.39 is 0 Å². The van der Waals surface area contributed by atoms with E-state index in [1.165, 1.54) is 179 Å². The summed E-state index contributed by atoms with van der Waals surface area (Å²) in [5.41, 5.74) is 1.93. The highest BCUT2D eigenvalue weighted by Crippen LogP contribution is 2.28. The zero-order valence-corrected chi connectivity index (χ0v) is 26.0. The number of hydrogen-bond donors (Lipinski definition) is 0. The molecule has 1 aromatic carbocycles. The van der Waals surface area contributed by atoms with Gasteiger partial charge in [0, 0.05) is 0 Å². The molecule has 0 aliphatic carbocycles. The molecule has 0 aliphatic heterocycles. The number of benzene rings is 1. The third kappa shape index (κ3) is 24.0. The van der Waals surface area contributed by atoms with Gasteiger partial charge in [0.25, 0.3) is 0 Å². The van der Waals surface area contributed by atoms with Gasteiger partial charge >= 0.3 is 0 Å². The maximum Gasteiger partial charge on any atom is -0.0227 e. The molecular weight excluding hydrogens is 444 g/mol. The third-order valence-electron chi connectivity index (χ3n) is 8.48. The van der Waals surface area contributed by atoms with Crippen molar-refractivity contribution in [2.45, 2.75) is 194 Å². The second-order valence-electron chi connectivity index (χ2n) is 13.1. The van der Waals surface area contributed by atoms with Crippen LogP contribution in [0.3, 0.4) is 0 Å². The maximum atomic E-state index is 2.44. The van der Waals surface area contributed by atoms with Crippen LogP contribution in [0.25, 0.3) is 0 Å². The van der Waals surface area contributed by atoms with Gasteiger partial charge in [-0.15, -0.1) is 0 Å². The molecular formula is C37H68. The Kier molecular flexibility index (Phi) is 23.6. The Balaban J connectivity index is 1.71. The van der Waals surface area contributed by atoms with E-state index in [2.05, 4.69) is 51.1 Å². The zero-order chi connectivity index (χ0) is 26.7. The van der Waals surface area contributed by atoms with E-state index in [4.69, 9.17) is 0 Å². The summed E-state index contributed by atoms with van der Waals surface area (Å²) in [5, 5.41) is 0. The SMILES string of the molecule is CCCCCCCCCCCCCCCCCCCCCCCCCCCC(C)(C)Cc1ccccc1. The van der Waals surface area contributed by atoms with E-state index in [0.717, 1.165) is 0 Å². The van der Waals surface area contributed by atoms with Crippen LogP contribution in [0.5, 0.6) is 0 Å². The van der Waals surface area contributed by atoms with Crippen molar-refractivity contribution in [3.05, 3.63) is 35.9 Å². The van der Waals surface area contributed by atoms with Crippen molar-refractivity contribution in [1.82, 2.24) is 0 Å². The van der Waals surface area contributed by atoms with Crippen molar-refractivity contribution >= 4 is 0 Å². The highest BCUT2D eigenvalue weighted by molar-refractivity contribution is 5.16. The first-order valence-corrected chi connectivity index (χ1v) is 17.2. The molecule has 0 saturated heterocycles. The molecule has 1 rings (SSSR count). The maximum absolute atomic E-state index is 2.44. The molecule has 0 amide bonds. The molecule has 0 atom stereocenters. The van der Waals surface area contributed by atoms with Gasteiger partial charge in [0.05, 0.1) is 0 Å². The Labute approximate surface area is 235 Å². The Hall–Kier alpha value is -0.780. The standard InChI is InChI=1S/C37H68/c1-4-5-6-7-8-9-10-11-12-13-14-15-16-17-18-19-20-21-22-23-24-25-26-27-31-34-37(2,3)35-36-32-29-28-30-33-36/h28-30,32-33H,4-27,31,34-35H2,1-3H3. The largest absolute Gasteiger partial charge is 0.0654 e. The molecule has 0 radical (unpaired) electrons. The highest BCUT2D eigenvalue weighted by atomic mass is 14.2. The minimum atomic E-state index is 0.439. The predicted molar refractivity (Wildman–Crippen MR) is 170 cm³/mol. The van der Waals surface area contributed by atoms with Gasteiger partial charge in [-0.3, -0.25) is 0 Å². The van der Waals surface area contributed by atoms with Gasteiger partial charge in [-0.1, -0.05) is 212 Å². The van der Waals surface area contributed by atoms with Crippen LogP contribution < -0.4 is 0 Å². The van der Waals surface area contributed by atoms with Crippen molar-refractivity contribution < 1.29 is 0 Å². The number of rotatable bonds is 28. The summed E-state index contributed by atoms with van der Waals surface area (Å²) in [5.74, 6) is 0. The summed E-state index contributed by atoms with van der Waals surface area (Å²) in [6, 6.07) is 11.0. The second kappa shape index (κ2) is 25.5. The van der Waals surface area contributed by atoms with E-state index in [1.54, 1.807) is 0 Å². The Bertz CT molecular complexity index is 557. The fraction of sp³-hybridized carbons (Fsp3) is 0.838. The molecule has 0 unspecified atom stereocenters. The molecule has 0 nitrogen and oxygen atoms in total. The van der Waals surface area contributed by atoms with E-state index in [1.807, 2.05) is 0 Å². The van der Waals surface area contributed by atoms with E-state index in [9.17, 15) is 0 Å². The topological polar surface area (TPSA) is 0 Å². The van der Waals surface area contributed by atoms with Crippen LogP contribution in [-0.4, -0.2) is 0 Å². The molecule has 0 N–H and O–H groups in total. The van der Waals surface area contributed by atoms with Gasteiger partial charge in [0.15, 0.2) is 0 Å². The van der Waals surface area contributed by atoms with Crippen LogP contribution in [-0.2, 0) is 6.42 Å². The summed E-state index contributed by atoms with van der Waals surface area (Å²) in [6.07, 6.45) is 39.3. The number of unbranched alkanes of at least 4 members (excludes halogenated alkanes) is 24. The first kappa shape index (κ1) is 34.2. The molecule has 0 heteroatoms. The normalized spacial score (nSPS) is 11.9. The average molecular weight is 513 g/mol. The molecule has 37 heavy (non-hydrogen) atoms. The second-order valence-corrected chi connectivity index (χ2v) is 13.1. The van der Waals surface area contributed by atoms with Crippen molar-refractivity contribution in [3.8, 4) is 0 Å². The summed E-state index contributed by atoms with van der Waals surface area (Å²) in [7, 11) is 0. The molecule has 1 aromatic rings. The summed E-state index contributed by atoms with van der Waals surface area (Å²) >= 11 is 0. The van der Waals surface area contributed by atoms with Crippen LogP contribution in [0.15, 0.2) is 30.3 Å². The van der Waals surface area contributed by atoms with Crippen molar-refractivity contribution in [2.75, 3.05) is 0 Å². The molecule has 0 heterocycles. The van der Waals surface area contributed by atoms with E-state index >= 15 is 0 Å². The van der Waals surface area contributed by atoms with Crippen molar-refractivity contribution in [1.29, 1.82) is 0 Å². The van der Waals surface area contributed by atoms with Gasteiger partial charge in [-0.2, -0.15) is 0 Å². The molecule has 0 bridgehead atoms. The number of hydrogen-bond acceptors (Lipinski definition) is 0. The first-order chi connectivity index (χ1) is 18.1. The van der Waals surface area contributed by atoms with Gasteiger partial charge < -0.3 is 0 Å². The minimum Gasteiger partial charge on any atom is -0.0654 e. The lowest BCUT2D eigenvalue weighted by Gasteiger charge is -2.24. The molecule has 0 saturated carbocycles. The zero-order valence-electron chi connectivity index (χ0n) is 26.0. The molecule has 0 aliphatic rings. The summed E-state index contributed by atoms with van der Waals surface area (Å²) in [4.78, 5) is 0. The Morgan fingerprint density at radius 3 is 1.03 bits per heavy atom. The van der Waals surface area contributed by atoms with E-state index in [-0.39, 0.29) is 0 Å². The van der Waals surface area contributed by atoms with Crippen molar-refractivity contribution in [3.63, 3.8) is 0 Å². The van der Waals surface area contributed by atoms with Gasteiger partial charge in [0.2, 0.25) is 0 Å². The Morgan fingerprint density at radius 2 is 0.703 bits per heavy atom. The van der Waals surface area contributed by atoms with Gasteiger partial charge in [-0.05, 0) is 23.8 Å². The summed E-state index contributed by atoms with van der Waals surface area (Å²) in [6.45, 7) is 7.19. The van der Waals surface area contributed by atoms with Crippen LogP contribution in [0.1, 0.15) is 193 Å². The Morgan fingerprint density at radius 1 is 0.405 bits per heavy atom. The third-order valence-corrected chi connectivity index (χ3v) is 8.48. The van der Waals surface area contributed by atoms with Crippen molar-refractivity contribution in [2.24, 2.45) is 5.41 Å². The van der Waals surface area contributed by atoms with Crippen LogP contribution >= 0.6 is 0 Å². The van der Waals surface area contributed by atoms with Gasteiger partial charge in [-0.25, -0.2) is 0 Å². The lowest BCUT2D eigenvalue weighted by atomic mass is 9.81. The lowest BCUT2D eigenvalue weighted by molar-refractivity contribution is 0.316. The molecule has 0 spiro atoms. The van der Waals surface area contributed by atoms with Crippen LogP contribution in [0.2, 0.25) is 0 Å². The minimum absolute atomic E-state index is 0.439. The molecule has 216 valence electrons. The van der Waals surface area contributed by atoms with Crippen LogP contribution in [0, 0.1) is 5.41 Å². The predicted octanol–water partition coefficient (Wildman–Crippen LogP) is 13.4. The fourth-order valence-electron chi connectivity index (χ4n) is 5.98. The average Bonchev–Trinajstić information content (AvgIpc) is 2.89. The quantitative estimate of drug-likeness (QED) is 0.0979. The van der Waals surface area contributed by atoms with E-state index in [0.29, 0.717) is 5.41 Å².